The molecule has 204 valence electrons. The first-order chi connectivity index (χ1) is 18.8. The summed E-state index contributed by atoms with van der Waals surface area (Å²) in [5.74, 6) is 0. The van der Waals surface area contributed by atoms with E-state index in [4.69, 9.17) is 11.6 Å². The summed E-state index contributed by atoms with van der Waals surface area (Å²) in [6, 6.07) is 13.8. The number of hydrogen-bond acceptors (Lipinski definition) is 8. The molecule has 2 aromatic heterocycles. The van der Waals surface area contributed by atoms with Gasteiger partial charge in [0, 0.05) is 17.9 Å². The first kappa shape index (κ1) is 27.1. The predicted octanol–water partition coefficient (Wildman–Crippen LogP) is 4.51. The fraction of sp³-hybridized carbons (Fsp3) is 0.269. The van der Waals surface area contributed by atoms with Gasteiger partial charge in [0.2, 0.25) is 0 Å². The van der Waals surface area contributed by atoms with Gasteiger partial charge >= 0.3 is 6.03 Å². The van der Waals surface area contributed by atoms with Gasteiger partial charge < -0.3 is 15.5 Å². The molecule has 1 saturated heterocycles. The van der Waals surface area contributed by atoms with Crippen LogP contribution in [-0.2, 0) is 10.0 Å². The molecule has 10 nitrogen and oxygen atoms in total. The second-order valence-corrected chi connectivity index (χ2v) is 12.8. The van der Waals surface area contributed by atoms with Crippen LogP contribution in [0.5, 0.6) is 0 Å². The molecule has 0 unspecified atom stereocenters. The van der Waals surface area contributed by atoms with Crippen molar-refractivity contribution in [3.8, 4) is 5.69 Å². The zero-order valence-corrected chi connectivity index (χ0v) is 23.3. The highest BCUT2D eigenvalue weighted by Crippen LogP contribution is 2.25. The van der Waals surface area contributed by atoms with Crippen molar-refractivity contribution in [2.75, 3.05) is 36.8 Å². The minimum Gasteiger partial charge on any atom is -0.385 e. The standard InChI is InChI=1S/C26H27ClN6O4S2/c27-23-10-11-24(38-23)39(36,37)31-26(35)30-18-4-7-20(8-5-18)33-17-29-22-16-19(6-9-21(22)25(33)34)28-12-3-15-32-13-1-2-14-32/h4-11,16-17,28H,1-3,12-15H2,(H2,30,31,35). The number of anilines is 2. The minimum atomic E-state index is -4.04. The Hall–Kier alpha value is -3.45. The number of likely N-dealkylation sites (tertiary alicyclic amines) is 1. The van der Waals surface area contributed by atoms with Crippen molar-refractivity contribution in [1.29, 1.82) is 0 Å². The molecule has 2 aromatic carbocycles. The minimum absolute atomic E-state index is 0.0680. The SMILES string of the molecule is O=C(Nc1ccc(-n2cnc3cc(NCCCN4CCCC4)ccc3c2=O)cc1)NS(=O)(=O)c1ccc(Cl)s1. The third-order valence-electron chi connectivity index (χ3n) is 6.38. The maximum atomic E-state index is 13.1. The molecule has 13 heteroatoms. The molecule has 39 heavy (non-hydrogen) atoms. The lowest BCUT2D eigenvalue weighted by Crippen LogP contribution is -2.33. The summed E-state index contributed by atoms with van der Waals surface area (Å²) >= 11 is 6.63. The molecule has 1 fully saturated rings. The van der Waals surface area contributed by atoms with Gasteiger partial charge in [0.25, 0.3) is 15.6 Å². The van der Waals surface area contributed by atoms with Gasteiger partial charge in [-0.05, 0) is 93.5 Å². The van der Waals surface area contributed by atoms with Crippen LogP contribution in [0.2, 0.25) is 4.34 Å². The average molecular weight is 587 g/mol. The molecule has 0 atom stereocenters. The second kappa shape index (κ2) is 11.7. The van der Waals surface area contributed by atoms with Crippen LogP contribution >= 0.6 is 22.9 Å². The van der Waals surface area contributed by atoms with Gasteiger partial charge in [0.05, 0.1) is 20.9 Å². The van der Waals surface area contributed by atoms with Crippen LogP contribution in [-0.4, -0.2) is 55.1 Å². The summed E-state index contributed by atoms with van der Waals surface area (Å²) in [5, 5.41) is 6.37. The maximum Gasteiger partial charge on any atom is 0.333 e. The van der Waals surface area contributed by atoms with Gasteiger partial charge in [-0.15, -0.1) is 11.3 Å². The van der Waals surface area contributed by atoms with E-state index in [1.54, 1.807) is 30.3 Å². The highest BCUT2D eigenvalue weighted by molar-refractivity contribution is 7.92. The lowest BCUT2D eigenvalue weighted by atomic mass is 10.2. The molecular weight excluding hydrogens is 560 g/mol. The normalized spacial score (nSPS) is 14.0. The number of nitrogens with zero attached hydrogens (tertiary/aromatic N) is 3. The Morgan fingerprint density at radius 3 is 2.49 bits per heavy atom. The molecule has 2 amide bonds. The Bertz CT molecular complexity index is 1650. The number of benzene rings is 2. The van der Waals surface area contributed by atoms with Crippen LogP contribution in [0.15, 0.2) is 69.9 Å². The van der Waals surface area contributed by atoms with E-state index in [0.717, 1.165) is 36.5 Å². The van der Waals surface area contributed by atoms with Gasteiger partial charge in [0.1, 0.15) is 10.5 Å². The third kappa shape index (κ3) is 6.59. The molecule has 0 radical (unpaired) electrons. The van der Waals surface area contributed by atoms with E-state index in [9.17, 15) is 18.0 Å². The van der Waals surface area contributed by atoms with E-state index in [2.05, 4.69) is 20.5 Å². The predicted molar refractivity (Wildman–Crippen MR) is 155 cm³/mol. The molecule has 3 heterocycles. The Kier molecular flexibility index (Phi) is 8.17. The number of thiophene rings is 1. The van der Waals surface area contributed by atoms with E-state index in [1.807, 2.05) is 16.9 Å². The molecule has 4 aromatic rings. The Morgan fingerprint density at radius 2 is 1.77 bits per heavy atom. The number of rotatable bonds is 9. The number of urea groups is 1. The van der Waals surface area contributed by atoms with E-state index in [-0.39, 0.29) is 9.77 Å². The highest BCUT2D eigenvalue weighted by atomic mass is 35.5. The molecule has 5 rings (SSSR count). The molecule has 0 saturated carbocycles. The number of halogens is 1. The quantitative estimate of drug-likeness (QED) is 0.246. The lowest BCUT2D eigenvalue weighted by Gasteiger charge is -2.15. The first-order valence-electron chi connectivity index (χ1n) is 12.5. The summed E-state index contributed by atoms with van der Waals surface area (Å²) < 4.78 is 28.2. The first-order valence-corrected chi connectivity index (χ1v) is 15.1. The van der Waals surface area contributed by atoms with Crippen molar-refractivity contribution >= 4 is 61.3 Å². The number of amides is 2. The molecule has 1 aliphatic heterocycles. The molecule has 0 spiro atoms. The van der Waals surface area contributed by atoms with Crippen molar-refractivity contribution in [1.82, 2.24) is 19.2 Å². The van der Waals surface area contributed by atoms with Gasteiger partial charge in [-0.2, -0.15) is 0 Å². The van der Waals surface area contributed by atoms with Gasteiger partial charge in [0.15, 0.2) is 0 Å². The largest absolute Gasteiger partial charge is 0.385 e. The van der Waals surface area contributed by atoms with E-state index >= 15 is 0 Å². The van der Waals surface area contributed by atoms with Crippen molar-refractivity contribution in [3.63, 3.8) is 0 Å². The van der Waals surface area contributed by atoms with E-state index in [1.165, 1.54) is 49.0 Å². The molecule has 1 aliphatic rings. The van der Waals surface area contributed by atoms with Gasteiger partial charge in [-0.25, -0.2) is 22.9 Å². The fourth-order valence-electron chi connectivity index (χ4n) is 4.43. The van der Waals surface area contributed by atoms with Crippen molar-refractivity contribution in [2.24, 2.45) is 0 Å². The molecule has 0 aliphatic carbocycles. The summed E-state index contributed by atoms with van der Waals surface area (Å²) in [6.45, 7) is 4.33. The molecule has 3 N–H and O–H groups in total. The summed E-state index contributed by atoms with van der Waals surface area (Å²) in [7, 11) is -4.04. The summed E-state index contributed by atoms with van der Waals surface area (Å²) in [4.78, 5) is 32.3. The van der Waals surface area contributed by atoms with Gasteiger partial charge in [-0.1, -0.05) is 11.6 Å². The van der Waals surface area contributed by atoms with Crippen LogP contribution in [0.4, 0.5) is 16.2 Å². The number of carbonyl (C=O) groups is 1. The van der Waals surface area contributed by atoms with E-state index < -0.39 is 16.1 Å². The number of hydrogen-bond donors (Lipinski definition) is 3. The second-order valence-electron chi connectivity index (χ2n) is 9.15. The van der Waals surface area contributed by atoms with Crippen LogP contribution in [0, 0.1) is 0 Å². The third-order valence-corrected chi connectivity index (χ3v) is 9.44. The summed E-state index contributed by atoms with van der Waals surface area (Å²) in [5.41, 5.74) is 2.19. The smallest absolute Gasteiger partial charge is 0.333 e. The lowest BCUT2D eigenvalue weighted by molar-refractivity contribution is 0.256. The number of aromatic nitrogens is 2. The summed E-state index contributed by atoms with van der Waals surface area (Å²) in [6.07, 6.45) is 5.10. The number of carbonyl (C=O) groups excluding carboxylic acids is 1. The Morgan fingerprint density at radius 1 is 1.03 bits per heavy atom. The number of fused-ring (bicyclic) bond motifs is 1. The fourth-order valence-corrected chi connectivity index (χ4v) is 6.82. The highest BCUT2D eigenvalue weighted by Gasteiger charge is 2.20. The van der Waals surface area contributed by atoms with Crippen LogP contribution < -0.4 is 20.9 Å². The van der Waals surface area contributed by atoms with Crippen molar-refractivity contribution in [3.05, 3.63) is 75.6 Å². The zero-order chi connectivity index (χ0) is 27.4. The van der Waals surface area contributed by atoms with Crippen LogP contribution in [0.1, 0.15) is 19.3 Å². The molecule has 0 bridgehead atoms. The van der Waals surface area contributed by atoms with Gasteiger partial charge in [-0.3, -0.25) is 9.36 Å². The molecular formula is C26H27ClN6O4S2. The van der Waals surface area contributed by atoms with Crippen molar-refractivity contribution < 1.29 is 13.2 Å². The Labute approximate surface area is 234 Å². The van der Waals surface area contributed by atoms with Crippen LogP contribution in [0.3, 0.4) is 0 Å². The Balaban J connectivity index is 1.21. The average Bonchev–Trinajstić information content (AvgIpc) is 3.59. The maximum absolute atomic E-state index is 13.1. The van der Waals surface area contributed by atoms with Crippen LogP contribution in [0.25, 0.3) is 16.6 Å². The van der Waals surface area contributed by atoms with E-state index in [0.29, 0.717) is 26.6 Å². The topological polar surface area (TPSA) is 125 Å². The monoisotopic (exact) mass is 586 g/mol. The number of sulfonamides is 1. The van der Waals surface area contributed by atoms with Crippen molar-refractivity contribution in [2.45, 2.75) is 23.5 Å². The number of nitrogens with one attached hydrogen (secondary N) is 3. The zero-order valence-electron chi connectivity index (χ0n) is 20.9.